The quantitative estimate of drug-likeness (QED) is 0.387. The summed E-state index contributed by atoms with van der Waals surface area (Å²) in [7, 11) is 0. The lowest BCUT2D eigenvalue weighted by molar-refractivity contribution is 1.11. The van der Waals surface area contributed by atoms with Gasteiger partial charge in [-0.05, 0) is 0 Å². The van der Waals surface area contributed by atoms with E-state index in [1.165, 1.54) is 6.33 Å². The lowest BCUT2D eigenvalue weighted by Gasteiger charge is -1.95. The van der Waals surface area contributed by atoms with E-state index >= 15 is 0 Å². The maximum atomic E-state index is 8.48. The van der Waals surface area contributed by atoms with Crippen LogP contribution in [0.4, 0.5) is 5.95 Å². The molecule has 6 nitrogen and oxygen atoms in total. The molecule has 7 heteroatoms. The first kappa shape index (κ1) is 7.82. The van der Waals surface area contributed by atoms with Crippen molar-refractivity contribution in [2.45, 2.75) is 5.03 Å². The predicted octanol–water partition coefficient (Wildman–Crippen LogP) is 0.508. The second-order valence-electron chi connectivity index (χ2n) is 2.18. The minimum Gasteiger partial charge on any atom is -0.368 e. The van der Waals surface area contributed by atoms with E-state index in [0.717, 1.165) is 11.8 Å². The van der Waals surface area contributed by atoms with Gasteiger partial charge in [-0.15, -0.1) is 0 Å². The number of aromatic amines is 1. The van der Waals surface area contributed by atoms with Crippen LogP contribution in [0.2, 0.25) is 0 Å². The Morgan fingerprint density at radius 3 is 3.15 bits per heavy atom. The number of nitrogens with one attached hydrogen (secondary N) is 1. The molecule has 2 heterocycles. The minimum absolute atomic E-state index is 0.134. The van der Waals surface area contributed by atoms with E-state index < -0.39 is 0 Å². The lowest BCUT2D eigenvalue weighted by atomic mass is 10.5. The highest BCUT2D eigenvalue weighted by atomic mass is 32.2. The van der Waals surface area contributed by atoms with E-state index in [9.17, 15) is 0 Å². The van der Waals surface area contributed by atoms with Crippen LogP contribution in [0, 0.1) is 10.7 Å². The maximum absolute atomic E-state index is 8.48. The molecular formula is C6H4N6S. The Hall–Kier alpha value is -1.81. The molecule has 0 aliphatic carbocycles. The summed E-state index contributed by atoms with van der Waals surface area (Å²) in [6.07, 6.45) is 1.49. The molecule has 2 aromatic rings. The van der Waals surface area contributed by atoms with E-state index in [-0.39, 0.29) is 5.95 Å². The average Bonchev–Trinajstić information content (AvgIpc) is 2.52. The molecule has 0 spiro atoms. The van der Waals surface area contributed by atoms with Crippen molar-refractivity contribution < 1.29 is 0 Å². The molecule has 2 rings (SSSR count). The number of imidazole rings is 1. The van der Waals surface area contributed by atoms with E-state index in [4.69, 9.17) is 11.0 Å². The fourth-order valence-electron chi connectivity index (χ4n) is 0.940. The van der Waals surface area contributed by atoms with Crippen molar-refractivity contribution in [1.29, 1.82) is 5.26 Å². The number of nitrogens with two attached hydrogens (primary N) is 1. The van der Waals surface area contributed by atoms with Crippen molar-refractivity contribution >= 4 is 28.9 Å². The number of hydrogen-bond donors (Lipinski definition) is 2. The van der Waals surface area contributed by atoms with Crippen LogP contribution in [-0.4, -0.2) is 19.9 Å². The number of nitrogens with zero attached hydrogens (tertiary/aromatic N) is 4. The molecule has 64 valence electrons. The van der Waals surface area contributed by atoms with Crippen molar-refractivity contribution in [3.8, 4) is 5.40 Å². The predicted molar refractivity (Wildman–Crippen MR) is 47.6 cm³/mol. The fourth-order valence-corrected chi connectivity index (χ4v) is 1.41. The third-order valence-electron chi connectivity index (χ3n) is 1.41. The summed E-state index contributed by atoms with van der Waals surface area (Å²) in [6, 6.07) is 0. The van der Waals surface area contributed by atoms with Gasteiger partial charge in [-0.2, -0.15) is 10.2 Å². The molecule has 0 aliphatic rings. The second-order valence-corrected chi connectivity index (χ2v) is 2.95. The van der Waals surface area contributed by atoms with Crippen LogP contribution in [0.3, 0.4) is 0 Å². The van der Waals surface area contributed by atoms with Crippen LogP contribution in [0.15, 0.2) is 11.4 Å². The van der Waals surface area contributed by atoms with Crippen LogP contribution >= 0.6 is 11.8 Å². The highest BCUT2D eigenvalue weighted by Crippen LogP contribution is 2.21. The molecule has 3 N–H and O–H groups in total. The normalized spacial score (nSPS) is 10.1. The number of H-pyrrole nitrogens is 1. The number of thioether (sulfide) groups is 1. The van der Waals surface area contributed by atoms with E-state index in [1.807, 2.05) is 5.40 Å². The topological polar surface area (TPSA) is 104 Å². The van der Waals surface area contributed by atoms with Crippen molar-refractivity contribution in [2.24, 2.45) is 0 Å². The molecule has 0 amide bonds. The first-order valence-electron chi connectivity index (χ1n) is 3.34. The van der Waals surface area contributed by atoms with Gasteiger partial charge in [-0.1, -0.05) is 0 Å². The minimum atomic E-state index is 0.134. The highest BCUT2D eigenvalue weighted by molar-refractivity contribution is 8.03. The van der Waals surface area contributed by atoms with Crippen LogP contribution in [-0.2, 0) is 0 Å². The number of anilines is 1. The number of hydrogen-bond acceptors (Lipinski definition) is 6. The van der Waals surface area contributed by atoms with Gasteiger partial charge >= 0.3 is 0 Å². The fraction of sp³-hybridized carbons (Fsp3) is 0. The number of nitriles is 1. The maximum Gasteiger partial charge on any atom is 0.223 e. The summed E-state index contributed by atoms with van der Waals surface area (Å²) in [5, 5.41) is 10.9. The van der Waals surface area contributed by atoms with Crippen LogP contribution in [0.1, 0.15) is 0 Å². The SMILES string of the molecule is N#CSc1nc(N)nc2[nH]cnc12. The molecule has 0 saturated heterocycles. The third kappa shape index (κ3) is 1.27. The molecule has 0 radical (unpaired) electrons. The molecule has 0 atom stereocenters. The Morgan fingerprint density at radius 2 is 2.38 bits per heavy atom. The summed E-state index contributed by atoms with van der Waals surface area (Å²) in [5.74, 6) is 0.134. The zero-order valence-electron chi connectivity index (χ0n) is 6.35. The van der Waals surface area contributed by atoms with Gasteiger partial charge in [-0.3, -0.25) is 0 Å². The van der Waals surface area contributed by atoms with Gasteiger partial charge in [0.05, 0.1) is 6.33 Å². The lowest BCUT2D eigenvalue weighted by Crippen LogP contribution is -1.96. The molecule has 0 aromatic carbocycles. The molecule has 0 aliphatic heterocycles. The van der Waals surface area contributed by atoms with E-state index in [0.29, 0.717) is 16.2 Å². The monoisotopic (exact) mass is 192 g/mol. The van der Waals surface area contributed by atoms with Crippen molar-refractivity contribution in [3.05, 3.63) is 6.33 Å². The Bertz CT molecular complexity index is 483. The first-order valence-corrected chi connectivity index (χ1v) is 4.15. The third-order valence-corrected chi connectivity index (χ3v) is 1.98. The molecule has 2 aromatic heterocycles. The molecule has 0 unspecified atom stereocenters. The Balaban J connectivity index is 2.71. The van der Waals surface area contributed by atoms with Gasteiger partial charge < -0.3 is 10.7 Å². The van der Waals surface area contributed by atoms with E-state index in [1.54, 1.807) is 0 Å². The standard InChI is InChI=1S/C6H4N6S/c7-1-13-5-3-4(10-2-9-3)11-6(8)12-5/h2H,(H3,8,9,10,11,12). The summed E-state index contributed by atoms with van der Waals surface area (Å²) in [6.45, 7) is 0. The van der Waals surface area contributed by atoms with Crippen molar-refractivity contribution in [1.82, 2.24) is 19.9 Å². The number of aromatic nitrogens is 4. The van der Waals surface area contributed by atoms with E-state index in [2.05, 4.69) is 19.9 Å². The summed E-state index contributed by atoms with van der Waals surface area (Å²) in [5.41, 5.74) is 6.54. The number of fused-ring (bicyclic) bond motifs is 1. The molecule has 0 fully saturated rings. The zero-order chi connectivity index (χ0) is 9.26. The second kappa shape index (κ2) is 2.91. The number of nitrogen functional groups attached to an aromatic ring is 1. The zero-order valence-corrected chi connectivity index (χ0v) is 7.17. The molecular weight excluding hydrogens is 188 g/mol. The average molecular weight is 192 g/mol. The van der Waals surface area contributed by atoms with Gasteiger partial charge in [0.1, 0.15) is 15.9 Å². The van der Waals surface area contributed by atoms with Crippen LogP contribution in [0.5, 0.6) is 0 Å². The van der Waals surface area contributed by atoms with Gasteiger partial charge in [0.25, 0.3) is 0 Å². The largest absolute Gasteiger partial charge is 0.368 e. The molecule has 13 heavy (non-hydrogen) atoms. The Labute approximate surface area is 77.2 Å². The summed E-state index contributed by atoms with van der Waals surface area (Å²) < 4.78 is 0. The van der Waals surface area contributed by atoms with Crippen molar-refractivity contribution in [2.75, 3.05) is 5.73 Å². The Morgan fingerprint density at radius 1 is 1.54 bits per heavy atom. The summed E-state index contributed by atoms with van der Waals surface area (Å²) in [4.78, 5) is 14.6. The number of rotatable bonds is 1. The van der Waals surface area contributed by atoms with Crippen molar-refractivity contribution in [3.63, 3.8) is 0 Å². The number of thiocyanates is 1. The molecule has 0 bridgehead atoms. The van der Waals surface area contributed by atoms with Gasteiger partial charge in [0, 0.05) is 11.8 Å². The Kier molecular flexibility index (Phi) is 1.75. The van der Waals surface area contributed by atoms with Gasteiger partial charge in [0.2, 0.25) is 5.95 Å². The van der Waals surface area contributed by atoms with Gasteiger partial charge in [0.15, 0.2) is 5.65 Å². The smallest absolute Gasteiger partial charge is 0.223 e. The van der Waals surface area contributed by atoms with Gasteiger partial charge in [-0.25, -0.2) is 9.97 Å². The molecule has 0 saturated carbocycles. The first-order chi connectivity index (χ1) is 6.31. The van der Waals surface area contributed by atoms with Crippen LogP contribution in [0.25, 0.3) is 11.2 Å². The summed E-state index contributed by atoms with van der Waals surface area (Å²) >= 11 is 0.916. The highest BCUT2D eigenvalue weighted by Gasteiger charge is 2.08. The van der Waals surface area contributed by atoms with Crippen LogP contribution < -0.4 is 5.73 Å².